The molecule has 0 heterocycles. The summed E-state index contributed by atoms with van der Waals surface area (Å²) in [7, 11) is 0. The van der Waals surface area contributed by atoms with E-state index < -0.39 is 0 Å². The molecule has 2 aliphatic rings. The minimum atomic E-state index is -0.315. The third-order valence-corrected chi connectivity index (χ3v) is 7.21. The lowest BCUT2D eigenvalue weighted by atomic mass is 9.69. The van der Waals surface area contributed by atoms with E-state index in [0.29, 0.717) is 0 Å². The third-order valence-electron chi connectivity index (χ3n) is 6.91. The molecule has 0 N–H and O–H groups in total. The molecule has 0 fully saturated rings. The number of rotatable bonds is 0. The SMILES string of the molecule is CC(C)(C)c1cc(Cl)c2c(c1)C1(c3ccccc3-c3ccccc31)c1ccccc1-2. The van der Waals surface area contributed by atoms with Crippen molar-refractivity contribution in [2.45, 2.75) is 31.6 Å². The predicted molar refractivity (Wildman–Crippen MR) is 126 cm³/mol. The highest BCUT2D eigenvalue weighted by Gasteiger charge is 2.52. The molecule has 0 unspecified atom stereocenters. The molecule has 2 aliphatic carbocycles. The second-order valence-corrected chi connectivity index (χ2v) is 9.92. The smallest absolute Gasteiger partial charge is 0.0726 e. The zero-order chi connectivity index (χ0) is 20.7. The summed E-state index contributed by atoms with van der Waals surface area (Å²) in [6.07, 6.45) is 0. The van der Waals surface area contributed by atoms with Crippen LogP contribution >= 0.6 is 11.6 Å². The number of fused-ring (bicyclic) bond motifs is 10. The van der Waals surface area contributed by atoms with Crippen molar-refractivity contribution in [2.75, 3.05) is 0 Å². The normalized spacial score (nSPS) is 14.9. The molecule has 0 aliphatic heterocycles. The fourth-order valence-electron chi connectivity index (χ4n) is 5.60. The molecule has 0 saturated carbocycles. The highest BCUT2D eigenvalue weighted by Crippen LogP contribution is 2.63. The Morgan fingerprint density at radius 2 is 1.07 bits per heavy atom. The van der Waals surface area contributed by atoms with Gasteiger partial charge in [-0.1, -0.05) is 111 Å². The molecular formula is C29H23Cl. The molecule has 4 aromatic rings. The van der Waals surface area contributed by atoms with Gasteiger partial charge in [0.2, 0.25) is 0 Å². The Morgan fingerprint density at radius 1 is 0.600 bits per heavy atom. The van der Waals surface area contributed by atoms with Crippen LogP contribution in [-0.2, 0) is 10.8 Å². The van der Waals surface area contributed by atoms with Crippen molar-refractivity contribution in [1.29, 1.82) is 0 Å². The molecular weight excluding hydrogens is 384 g/mol. The second kappa shape index (κ2) is 5.86. The lowest BCUT2D eigenvalue weighted by Gasteiger charge is -2.32. The molecule has 146 valence electrons. The van der Waals surface area contributed by atoms with E-state index in [1.165, 1.54) is 50.1 Å². The lowest BCUT2D eigenvalue weighted by Crippen LogP contribution is -2.26. The summed E-state index contributed by atoms with van der Waals surface area (Å²) >= 11 is 7.02. The molecule has 1 spiro atoms. The van der Waals surface area contributed by atoms with E-state index in [0.717, 1.165) is 5.02 Å². The minimum Gasteiger partial charge on any atom is -0.0836 e. The highest BCUT2D eigenvalue weighted by molar-refractivity contribution is 6.34. The van der Waals surface area contributed by atoms with Gasteiger partial charge < -0.3 is 0 Å². The second-order valence-electron chi connectivity index (χ2n) is 9.52. The van der Waals surface area contributed by atoms with Crippen molar-refractivity contribution in [3.8, 4) is 22.3 Å². The minimum absolute atomic E-state index is 0.0201. The van der Waals surface area contributed by atoms with Gasteiger partial charge in [0.1, 0.15) is 0 Å². The van der Waals surface area contributed by atoms with Crippen LogP contribution in [0.15, 0.2) is 84.9 Å². The maximum atomic E-state index is 7.02. The maximum Gasteiger partial charge on any atom is 0.0726 e. The Bertz CT molecular complexity index is 1290. The molecule has 1 heteroatoms. The molecule has 0 amide bonds. The number of benzene rings is 4. The van der Waals surface area contributed by atoms with Crippen LogP contribution in [-0.4, -0.2) is 0 Å². The van der Waals surface area contributed by atoms with Gasteiger partial charge in [-0.2, -0.15) is 0 Å². The Balaban J connectivity index is 1.85. The first kappa shape index (κ1) is 18.0. The number of halogens is 1. The van der Waals surface area contributed by atoms with Crippen LogP contribution < -0.4 is 0 Å². The quantitative estimate of drug-likeness (QED) is 0.240. The molecule has 0 radical (unpaired) electrons. The first-order valence-electron chi connectivity index (χ1n) is 10.6. The van der Waals surface area contributed by atoms with E-state index in [4.69, 9.17) is 11.6 Å². The van der Waals surface area contributed by atoms with Crippen LogP contribution in [0.4, 0.5) is 0 Å². The molecule has 0 bridgehead atoms. The fraction of sp³-hybridized carbons (Fsp3) is 0.172. The zero-order valence-electron chi connectivity index (χ0n) is 17.5. The molecule has 0 saturated heterocycles. The Hall–Kier alpha value is -2.83. The average molecular weight is 407 g/mol. The molecule has 0 nitrogen and oxygen atoms in total. The van der Waals surface area contributed by atoms with Crippen LogP contribution in [0.25, 0.3) is 22.3 Å². The highest BCUT2D eigenvalue weighted by atomic mass is 35.5. The zero-order valence-corrected chi connectivity index (χ0v) is 18.2. The van der Waals surface area contributed by atoms with Gasteiger partial charge in [-0.3, -0.25) is 0 Å². The van der Waals surface area contributed by atoms with Gasteiger partial charge in [-0.05, 0) is 56.0 Å². The number of hydrogen-bond donors (Lipinski definition) is 0. The summed E-state index contributed by atoms with van der Waals surface area (Å²) in [6, 6.07) is 31.2. The van der Waals surface area contributed by atoms with E-state index in [2.05, 4.69) is 106 Å². The van der Waals surface area contributed by atoms with Gasteiger partial charge in [-0.25, -0.2) is 0 Å². The van der Waals surface area contributed by atoms with Gasteiger partial charge in [0.25, 0.3) is 0 Å². The summed E-state index contributed by atoms with van der Waals surface area (Å²) in [4.78, 5) is 0. The third kappa shape index (κ3) is 2.08. The Labute approximate surface area is 183 Å². The van der Waals surface area contributed by atoms with E-state index in [-0.39, 0.29) is 10.8 Å². The van der Waals surface area contributed by atoms with E-state index >= 15 is 0 Å². The molecule has 30 heavy (non-hydrogen) atoms. The summed E-state index contributed by atoms with van der Waals surface area (Å²) in [5, 5.41) is 0.851. The first-order valence-corrected chi connectivity index (χ1v) is 11.0. The summed E-state index contributed by atoms with van der Waals surface area (Å²) in [5.74, 6) is 0. The summed E-state index contributed by atoms with van der Waals surface area (Å²) in [5.41, 5.74) is 11.5. The van der Waals surface area contributed by atoms with Gasteiger partial charge in [-0.15, -0.1) is 0 Å². The predicted octanol–water partition coefficient (Wildman–Crippen LogP) is 7.98. The van der Waals surface area contributed by atoms with Crippen molar-refractivity contribution in [1.82, 2.24) is 0 Å². The van der Waals surface area contributed by atoms with Crippen LogP contribution in [0.3, 0.4) is 0 Å². The van der Waals surface area contributed by atoms with Crippen LogP contribution in [0.5, 0.6) is 0 Å². The van der Waals surface area contributed by atoms with E-state index in [1.807, 2.05) is 0 Å². The van der Waals surface area contributed by atoms with Crippen molar-refractivity contribution < 1.29 is 0 Å². The monoisotopic (exact) mass is 406 g/mol. The largest absolute Gasteiger partial charge is 0.0836 e. The van der Waals surface area contributed by atoms with Gasteiger partial charge in [0, 0.05) is 10.6 Å². The fourth-order valence-corrected chi connectivity index (χ4v) is 5.92. The van der Waals surface area contributed by atoms with Crippen LogP contribution in [0, 0.1) is 0 Å². The summed E-state index contributed by atoms with van der Waals surface area (Å²) in [6.45, 7) is 6.78. The van der Waals surface area contributed by atoms with Gasteiger partial charge in [0.05, 0.1) is 5.41 Å². The topological polar surface area (TPSA) is 0 Å². The maximum absolute atomic E-state index is 7.02. The molecule has 6 rings (SSSR count). The van der Waals surface area contributed by atoms with Gasteiger partial charge in [0.15, 0.2) is 0 Å². The standard InChI is InChI=1S/C29H23Cl/c1-28(2,3)18-16-25-27(26(30)17-18)21-12-6-9-15-24(21)29(25)22-13-7-4-10-19(22)20-11-5-8-14-23(20)29/h4-17H,1-3H3. The molecule has 0 atom stereocenters. The average Bonchev–Trinajstić information content (AvgIpc) is 3.21. The number of hydrogen-bond acceptors (Lipinski definition) is 0. The van der Waals surface area contributed by atoms with Crippen molar-refractivity contribution in [3.05, 3.63) is 118 Å². The Morgan fingerprint density at radius 3 is 1.60 bits per heavy atom. The Kier molecular flexibility index (Phi) is 3.51. The summed E-state index contributed by atoms with van der Waals surface area (Å²) < 4.78 is 0. The first-order chi connectivity index (χ1) is 14.4. The van der Waals surface area contributed by atoms with E-state index in [1.54, 1.807) is 0 Å². The van der Waals surface area contributed by atoms with Crippen molar-refractivity contribution in [3.63, 3.8) is 0 Å². The lowest BCUT2D eigenvalue weighted by molar-refractivity contribution is 0.588. The van der Waals surface area contributed by atoms with E-state index in [9.17, 15) is 0 Å². The van der Waals surface area contributed by atoms with Crippen LogP contribution in [0.2, 0.25) is 5.02 Å². The molecule has 0 aromatic heterocycles. The van der Waals surface area contributed by atoms with Crippen molar-refractivity contribution >= 4 is 11.6 Å². The van der Waals surface area contributed by atoms with Crippen molar-refractivity contribution in [2.24, 2.45) is 0 Å². The van der Waals surface area contributed by atoms with Crippen LogP contribution in [0.1, 0.15) is 48.6 Å². The van der Waals surface area contributed by atoms with Gasteiger partial charge >= 0.3 is 0 Å². The molecule has 4 aromatic carbocycles.